The first-order valence-electron chi connectivity index (χ1n) is 3.37. The van der Waals surface area contributed by atoms with Crippen LogP contribution in [0.5, 0.6) is 11.8 Å². The zero-order valence-corrected chi connectivity index (χ0v) is 7.14. The molecule has 0 saturated heterocycles. The Morgan fingerprint density at radius 3 is 2.08 bits per heavy atom. The summed E-state index contributed by atoms with van der Waals surface area (Å²) in [4.78, 5) is 17.7. The van der Waals surface area contributed by atoms with Crippen LogP contribution in [0.2, 0.25) is 0 Å². The van der Waals surface area contributed by atoms with E-state index in [9.17, 15) is 4.79 Å². The molecule has 1 aromatic heterocycles. The molecule has 6 nitrogen and oxygen atoms in total. The molecule has 70 valence electrons. The van der Waals surface area contributed by atoms with Crippen molar-refractivity contribution >= 4 is 5.97 Å². The lowest BCUT2D eigenvalue weighted by Gasteiger charge is -2.02. The average Bonchev–Trinajstić information content (AvgIpc) is 2.16. The van der Waals surface area contributed by atoms with Gasteiger partial charge >= 0.3 is 5.97 Å². The van der Waals surface area contributed by atoms with Gasteiger partial charge in [-0.2, -0.15) is 9.97 Å². The zero-order valence-electron chi connectivity index (χ0n) is 7.14. The van der Waals surface area contributed by atoms with Crippen LogP contribution in [0.25, 0.3) is 0 Å². The van der Waals surface area contributed by atoms with Gasteiger partial charge in [-0.05, 0) is 0 Å². The number of rotatable bonds is 3. The molecule has 0 aromatic carbocycles. The monoisotopic (exact) mass is 184 g/mol. The van der Waals surface area contributed by atoms with Gasteiger partial charge in [-0.15, -0.1) is 0 Å². The van der Waals surface area contributed by atoms with Gasteiger partial charge < -0.3 is 14.6 Å². The highest BCUT2D eigenvalue weighted by atomic mass is 16.5. The Labute approximate surface area is 74.1 Å². The number of hydrogen-bond acceptors (Lipinski definition) is 5. The molecule has 0 spiro atoms. The van der Waals surface area contributed by atoms with Gasteiger partial charge in [0.1, 0.15) is 0 Å². The van der Waals surface area contributed by atoms with E-state index < -0.39 is 5.97 Å². The predicted molar refractivity (Wildman–Crippen MR) is 42.1 cm³/mol. The van der Waals surface area contributed by atoms with Crippen LogP contribution in [0.15, 0.2) is 6.07 Å². The minimum absolute atomic E-state index is 0.157. The van der Waals surface area contributed by atoms with Gasteiger partial charge in [-0.25, -0.2) is 4.79 Å². The predicted octanol–water partition coefficient (Wildman–Crippen LogP) is 0.192. The second-order valence-electron chi connectivity index (χ2n) is 2.08. The lowest BCUT2D eigenvalue weighted by Crippen LogP contribution is -2.06. The molecule has 6 heteroatoms. The van der Waals surface area contributed by atoms with Crippen molar-refractivity contribution in [2.45, 2.75) is 0 Å². The SMILES string of the molecule is COc1cc(OC)nc(C(=O)O)n1. The molecule has 1 heterocycles. The van der Waals surface area contributed by atoms with Crippen molar-refractivity contribution < 1.29 is 19.4 Å². The van der Waals surface area contributed by atoms with Crippen molar-refractivity contribution in [3.05, 3.63) is 11.9 Å². The molecule has 0 fully saturated rings. The summed E-state index contributed by atoms with van der Waals surface area (Å²) in [5.74, 6) is -1.26. The lowest BCUT2D eigenvalue weighted by molar-refractivity contribution is 0.0681. The Bertz CT molecular complexity index is 304. The molecule has 13 heavy (non-hydrogen) atoms. The van der Waals surface area contributed by atoms with Crippen LogP contribution in [-0.4, -0.2) is 35.3 Å². The van der Waals surface area contributed by atoms with E-state index in [0.29, 0.717) is 0 Å². The molecule has 0 aliphatic carbocycles. The first kappa shape index (κ1) is 9.24. The van der Waals surface area contributed by atoms with E-state index in [0.717, 1.165) is 0 Å². The van der Waals surface area contributed by atoms with E-state index in [2.05, 4.69) is 9.97 Å². The van der Waals surface area contributed by atoms with Crippen molar-refractivity contribution in [2.75, 3.05) is 14.2 Å². The van der Waals surface area contributed by atoms with Gasteiger partial charge in [0.05, 0.1) is 20.3 Å². The number of hydrogen-bond donors (Lipinski definition) is 1. The average molecular weight is 184 g/mol. The Hall–Kier alpha value is -1.85. The lowest BCUT2D eigenvalue weighted by atomic mass is 10.5. The van der Waals surface area contributed by atoms with Gasteiger partial charge in [-0.3, -0.25) is 0 Å². The molecule has 1 N–H and O–H groups in total. The van der Waals surface area contributed by atoms with Crippen LogP contribution in [0.3, 0.4) is 0 Å². The molecular formula is C7H8N2O4. The van der Waals surface area contributed by atoms with Crippen LogP contribution in [0, 0.1) is 0 Å². The molecule has 0 atom stereocenters. The maximum absolute atomic E-state index is 10.5. The van der Waals surface area contributed by atoms with Crippen molar-refractivity contribution in [2.24, 2.45) is 0 Å². The van der Waals surface area contributed by atoms with Gasteiger partial charge in [0, 0.05) is 0 Å². The highest BCUT2D eigenvalue weighted by Gasteiger charge is 2.10. The summed E-state index contributed by atoms with van der Waals surface area (Å²) < 4.78 is 9.51. The largest absolute Gasteiger partial charge is 0.481 e. The molecular weight excluding hydrogens is 176 g/mol. The maximum Gasteiger partial charge on any atom is 0.374 e. The van der Waals surface area contributed by atoms with Gasteiger partial charge in [0.2, 0.25) is 17.6 Å². The molecule has 1 aromatic rings. The Kier molecular flexibility index (Phi) is 2.63. The fourth-order valence-electron chi connectivity index (χ4n) is 0.709. The summed E-state index contributed by atoms with van der Waals surface area (Å²) in [5.41, 5.74) is 0. The van der Waals surface area contributed by atoms with Crippen LogP contribution < -0.4 is 9.47 Å². The smallest absolute Gasteiger partial charge is 0.374 e. The number of nitrogens with zero attached hydrogens (tertiary/aromatic N) is 2. The summed E-state index contributed by atoms with van der Waals surface area (Å²) in [5, 5.41) is 8.59. The third-order valence-electron chi connectivity index (χ3n) is 1.29. The van der Waals surface area contributed by atoms with Crippen LogP contribution >= 0.6 is 0 Å². The molecule has 0 aliphatic heterocycles. The molecule has 0 aliphatic rings. The molecule has 1 rings (SSSR count). The number of methoxy groups -OCH3 is 2. The zero-order chi connectivity index (χ0) is 9.84. The van der Waals surface area contributed by atoms with Gasteiger partial charge in [0.15, 0.2) is 0 Å². The topological polar surface area (TPSA) is 81.5 Å². The number of aromatic carboxylic acids is 1. The van der Waals surface area contributed by atoms with Crippen LogP contribution in [-0.2, 0) is 0 Å². The highest BCUT2D eigenvalue weighted by molar-refractivity contribution is 5.83. The second kappa shape index (κ2) is 3.70. The molecule has 0 unspecified atom stereocenters. The number of carbonyl (C=O) groups is 1. The van der Waals surface area contributed by atoms with E-state index in [1.54, 1.807) is 0 Å². The fourth-order valence-corrected chi connectivity index (χ4v) is 0.709. The number of ether oxygens (including phenoxy) is 2. The summed E-state index contributed by atoms with van der Waals surface area (Å²) in [6, 6.07) is 1.40. The minimum atomic E-state index is -1.22. The van der Waals surface area contributed by atoms with E-state index in [1.807, 2.05) is 0 Å². The second-order valence-corrected chi connectivity index (χ2v) is 2.08. The summed E-state index contributed by atoms with van der Waals surface area (Å²) in [7, 11) is 2.76. The first-order chi connectivity index (χ1) is 6.17. The third kappa shape index (κ3) is 2.05. The highest BCUT2D eigenvalue weighted by Crippen LogP contribution is 2.14. The van der Waals surface area contributed by atoms with Crippen molar-refractivity contribution in [3.8, 4) is 11.8 Å². The Morgan fingerprint density at radius 2 is 1.77 bits per heavy atom. The summed E-state index contributed by atoms with van der Waals surface area (Å²) in [6.45, 7) is 0. The summed E-state index contributed by atoms with van der Waals surface area (Å²) in [6.07, 6.45) is 0. The van der Waals surface area contributed by atoms with Crippen LogP contribution in [0.1, 0.15) is 10.6 Å². The number of carboxylic acid groups (broad SMARTS) is 1. The van der Waals surface area contributed by atoms with E-state index in [4.69, 9.17) is 14.6 Å². The molecule has 0 radical (unpaired) electrons. The van der Waals surface area contributed by atoms with Crippen LogP contribution in [0.4, 0.5) is 0 Å². The standard InChI is InChI=1S/C7H8N2O4/c1-12-4-3-5(13-2)9-6(8-4)7(10)11/h3H,1-2H3,(H,10,11). The number of carboxylic acids is 1. The molecule has 0 saturated carbocycles. The summed E-state index contributed by atoms with van der Waals surface area (Å²) >= 11 is 0. The quantitative estimate of drug-likeness (QED) is 0.722. The number of aromatic nitrogens is 2. The Morgan fingerprint density at radius 1 is 1.31 bits per heavy atom. The van der Waals surface area contributed by atoms with E-state index in [-0.39, 0.29) is 17.6 Å². The maximum atomic E-state index is 10.5. The van der Waals surface area contributed by atoms with Crippen molar-refractivity contribution in [3.63, 3.8) is 0 Å². The van der Waals surface area contributed by atoms with E-state index >= 15 is 0 Å². The van der Waals surface area contributed by atoms with Crippen molar-refractivity contribution in [1.82, 2.24) is 9.97 Å². The van der Waals surface area contributed by atoms with Crippen molar-refractivity contribution in [1.29, 1.82) is 0 Å². The molecule has 0 amide bonds. The normalized spacial score (nSPS) is 9.38. The third-order valence-corrected chi connectivity index (χ3v) is 1.29. The Balaban J connectivity index is 3.14. The first-order valence-corrected chi connectivity index (χ1v) is 3.37. The van der Waals surface area contributed by atoms with E-state index in [1.165, 1.54) is 20.3 Å². The van der Waals surface area contributed by atoms with Gasteiger partial charge in [-0.1, -0.05) is 0 Å². The minimum Gasteiger partial charge on any atom is -0.481 e. The molecule has 0 bridgehead atoms. The van der Waals surface area contributed by atoms with Gasteiger partial charge in [0.25, 0.3) is 0 Å². The fraction of sp³-hybridized carbons (Fsp3) is 0.286.